The van der Waals surface area contributed by atoms with Crippen molar-refractivity contribution in [2.75, 3.05) is 43.5 Å². The number of methoxy groups -OCH3 is 1. The van der Waals surface area contributed by atoms with Gasteiger partial charge in [-0.1, -0.05) is 11.6 Å². The van der Waals surface area contributed by atoms with Crippen LogP contribution in [0.25, 0.3) is 11.0 Å². The molecule has 0 radical (unpaired) electrons. The number of carbonyl (C=O) groups is 2. The highest BCUT2D eigenvalue weighted by atomic mass is 35.5. The molecule has 1 aliphatic rings. The molecule has 11 heteroatoms. The fourth-order valence-electron chi connectivity index (χ4n) is 3.22. The number of halogens is 1. The van der Waals surface area contributed by atoms with E-state index in [1.165, 1.54) is 31.4 Å². The van der Waals surface area contributed by atoms with Gasteiger partial charge in [0.2, 0.25) is 5.95 Å². The number of anilines is 2. The van der Waals surface area contributed by atoms with Crippen LogP contribution in [0, 0.1) is 0 Å². The maximum absolute atomic E-state index is 12.7. The van der Waals surface area contributed by atoms with Gasteiger partial charge in [-0.25, -0.2) is 9.78 Å². The lowest BCUT2D eigenvalue weighted by molar-refractivity contribution is 0.0600. The molecule has 1 fully saturated rings. The maximum atomic E-state index is 12.7. The van der Waals surface area contributed by atoms with E-state index in [1.807, 2.05) is 4.90 Å². The van der Waals surface area contributed by atoms with Gasteiger partial charge < -0.3 is 25.3 Å². The van der Waals surface area contributed by atoms with E-state index in [4.69, 9.17) is 11.6 Å². The summed E-state index contributed by atoms with van der Waals surface area (Å²) in [6.07, 6.45) is 1.57. The van der Waals surface area contributed by atoms with E-state index in [-0.39, 0.29) is 21.8 Å². The zero-order chi connectivity index (χ0) is 22.0. The molecule has 1 saturated heterocycles. The number of hydrogen-bond acceptors (Lipinski definition) is 8. The van der Waals surface area contributed by atoms with Crippen molar-refractivity contribution >= 4 is 46.1 Å². The van der Waals surface area contributed by atoms with Crippen molar-refractivity contribution in [2.24, 2.45) is 0 Å². The SMILES string of the molecule is COC(=O)c1ccc(Cl)c(NC(=O)c2cc3cnc(N4CCNCC4)nc3[nH]c2=O)c1. The summed E-state index contributed by atoms with van der Waals surface area (Å²) in [5.74, 6) is -0.736. The Kier molecular flexibility index (Phi) is 5.83. The van der Waals surface area contributed by atoms with Gasteiger partial charge in [0.25, 0.3) is 11.5 Å². The van der Waals surface area contributed by atoms with E-state index in [0.29, 0.717) is 17.0 Å². The molecular weight excluding hydrogens is 424 g/mol. The van der Waals surface area contributed by atoms with Gasteiger partial charge in [0.15, 0.2) is 0 Å². The summed E-state index contributed by atoms with van der Waals surface area (Å²) in [6.45, 7) is 3.19. The average Bonchev–Trinajstić information content (AvgIpc) is 2.79. The number of nitrogens with one attached hydrogen (secondary N) is 3. The van der Waals surface area contributed by atoms with Gasteiger partial charge in [-0.15, -0.1) is 0 Å². The number of esters is 1. The first-order valence-electron chi connectivity index (χ1n) is 9.51. The summed E-state index contributed by atoms with van der Waals surface area (Å²) in [7, 11) is 1.25. The summed E-state index contributed by atoms with van der Waals surface area (Å²) < 4.78 is 4.67. The summed E-state index contributed by atoms with van der Waals surface area (Å²) in [5.41, 5.74) is -0.000553. The number of carbonyl (C=O) groups excluding carboxylic acids is 2. The van der Waals surface area contributed by atoms with Crippen LogP contribution in [0.2, 0.25) is 5.02 Å². The monoisotopic (exact) mass is 442 g/mol. The van der Waals surface area contributed by atoms with E-state index in [0.717, 1.165) is 26.2 Å². The van der Waals surface area contributed by atoms with Crippen LogP contribution in [0.15, 0.2) is 35.3 Å². The minimum absolute atomic E-state index is 0.134. The Hall–Kier alpha value is -3.50. The lowest BCUT2D eigenvalue weighted by Crippen LogP contribution is -2.44. The number of pyridine rings is 1. The fourth-order valence-corrected chi connectivity index (χ4v) is 3.39. The van der Waals surface area contributed by atoms with Gasteiger partial charge in [0.1, 0.15) is 11.2 Å². The van der Waals surface area contributed by atoms with E-state index in [2.05, 4.69) is 30.3 Å². The number of ether oxygens (including phenoxy) is 1. The highest BCUT2D eigenvalue weighted by molar-refractivity contribution is 6.34. The third-order valence-corrected chi connectivity index (χ3v) is 5.19. The number of aromatic nitrogens is 3. The fraction of sp³-hybridized carbons (Fsp3) is 0.250. The number of benzene rings is 1. The third-order valence-electron chi connectivity index (χ3n) is 4.86. The van der Waals surface area contributed by atoms with Gasteiger partial charge in [-0.3, -0.25) is 9.59 Å². The zero-order valence-electron chi connectivity index (χ0n) is 16.6. The predicted molar refractivity (Wildman–Crippen MR) is 116 cm³/mol. The van der Waals surface area contributed by atoms with Crippen molar-refractivity contribution in [2.45, 2.75) is 0 Å². The van der Waals surface area contributed by atoms with Crippen LogP contribution in [-0.4, -0.2) is 60.1 Å². The zero-order valence-corrected chi connectivity index (χ0v) is 17.3. The topological polar surface area (TPSA) is 129 Å². The molecule has 3 aromatic rings. The van der Waals surface area contributed by atoms with E-state index in [9.17, 15) is 14.4 Å². The standard InChI is InChI=1S/C20H19ClN6O4/c1-31-19(30)11-2-3-14(21)15(9-11)24-17(28)13-8-12-10-23-20(26-16(12)25-18(13)29)27-6-4-22-5-7-27/h2-3,8-10,22H,4-7H2,1H3,(H,24,28)(H,23,25,26,29). The van der Waals surface area contributed by atoms with Crippen molar-refractivity contribution in [3.05, 3.63) is 57.0 Å². The number of nitrogens with zero attached hydrogens (tertiary/aromatic N) is 3. The van der Waals surface area contributed by atoms with Crippen molar-refractivity contribution in [1.82, 2.24) is 20.3 Å². The van der Waals surface area contributed by atoms with E-state index < -0.39 is 17.4 Å². The van der Waals surface area contributed by atoms with Gasteiger partial charge >= 0.3 is 5.97 Å². The average molecular weight is 443 g/mol. The van der Waals surface area contributed by atoms with Gasteiger partial charge in [-0.05, 0) is 24.3 Å². The van der Waals surface area contributed by atoms with Gasteiger partial charge in [0.05, 0.1) is 23.4 Å². The van der Waals surface area contributed by atoms with Crippen molar-refractivity contribution in [3.63, 3.8) is 0 Å². The molecule has 0 bridgehead atoms. The second-order valence-electron chi connectivity index (χ2n) is 6.86. The molecule has 1 aromatic carbocycles. The molecule has 1 amide bonds. The third kappa shape index (κ3) is 4.35. The normalized spacial score (nSPS) is 13.8. The second-order valence-corrected chi connectivity index (χ2v) is 7.27. The van der Waals surface area contributed by atoms with Crippen LogP contribution in [0.1, 0.15) is 20.7 Å². The van der Waals surface area contributed by atoms with E-state index in [1.54, 1.807) is 6.20 Å². The molecule has 0 unspecified atom stereocenters. The Balaban J connectivity index is 1.62. The molecule has 2 aromatic heterocycles. The number of H-pyrrole nitrogens is 1. The Morgan fingerprint density at radius 2 is 2.00 bits per heavy atom. The lowest BCUT2D eigenvalue weighted by Gasteiger charge is -2.27. The largest absolute Gasteiger partial charge is 0.465 e. The summed E-state index contributed by atoms with van der Waals surface area (Å²) >= 11 is 6.12. The second kappa shape index (κ2) is 8.70. The number of aromatic amines is 1. The maximum Gasteiger partial charge on any atom is 0.337 e. The van der Waals surface area contributed by atoms with Gasteiger partial charge in [0, 0.05) is 37.8 Å². The summed E-state index contributed by atoms with van der Waals surface area (Å²) in [6, 6.07) is 5.73. The minimum atomic E-state index is -0.682. The number of fused-ring (bicyclic) bond motifs is 1. The van der Waals surface area contributed by atoms with Gasteiger partial charge in [-0.2, -0.15) is 4.98 Å². The number of hydrogen-bond donors (Lipinski definition) is 3. The first-order valence-corrected chi connectivity index (χ1v) is 9.89. The van der Waals surface area contributed by atoms with Crippen LogP contribution in [-0.2, 0) is 4.74 Å². The molecule has 3 heterocycles. The molecule has 0 saturated carbocycles. The Morgan fingerprint density at radius 3 is 2.74 bits per heavy atom. The van der Waals surface area contributed by atoms with Crippen molar-refractivity contribution in [3.8, 4) is 0 Å². The minimum Gasteiger partial charge on any atom is -0.465 e. The summed E-state index contributed by atoms with van der Waals surface area (Å²) in [4.78, 5) is 50.5. The van der Waals surface area contributed by atoms with Crippen LogP contribution < -0.4 is 21.1 Å². The van der Waals surface area contributed by atoms with E-state index >= 15 is 0 Å². The first kappa shape index (κ1) is 20.8. The van der Waals surface area contributed by atoms with Crippen LogP contribution in [0.4, 0.5) is 11.6 Å². The molecule has 0 spiro atoms. The molecule has 1 aliphatic heterocycles. The van der Waals surface area contributed by atoms with Crippen molar-refractivity contribution in [1.29, 1.82) is 0 Å². The highest BCUT2D eigenvalue weighted by Crippen LogP contribution is 2.24. The molecule has 31 heavy (non-hydrogen) atoms. The lowest BCUT2D eigenvalue weighted by atomic mass is 10.1. The summed E-state index contributed by atoms with van der Waals surface area (Å²) in [5, 5.41) is 6.54. The molecule has 10 nitrogen and oxygen atoms in total. The Labute approximate surface area is 181 Å². The molecular formula is C20H19ClN6O4. The predicted octanol–water partition coefficient (Wildman–Crippen LogP) is 1.42. The molecule has 160 valence electrons. The van der Waals surface area contributed by atoms with Crippen LogP contribution in [0.5, 0.6) is 0 Å². The number of amides is 1. The molecule has 4 rings (SSSR count). The molecule has 0 aliphatic carbocycles. The highest BCUT2D eigenvalue weighted by Gasteiger charge is 2.18. The number of piperazine rings is 1. The first-order chi connectivity index (χ1) is 15.0. The smallest absolute Gasteiger partial charge is 0.337 e. The van der Waals surface area contributed by atoms with Crippen LogP contribution in [0.3, 0.4) is 0 Å². The van der Waals surface area contributed by atoms with Crippen LogP contribution >= 0.6 is 11.6 Å². The Morgan fingerprint density at radius 1 is 1.23 bits per heavy atom. The van der Waals surface area contributed by atoms with Crippen molar-refractivity contribution < 1.29 is 14.3 Å². The molecule has 0 atom stereocenters. The molecule has 3 N–H and O–H groups in total. The number of rotatable bonds is 4. The quantitative estimate of drug-likeness (QED) is 0.517. The Bertz CT molecular complexity index is 1220.